The van der Waals surface area contributed by atoms with Crippen molar-refractivity contribution < 1.29 is 0 Å². The number of hydrogen-bond donors (Lipinski definition) is 1. The third-order valence-electron chi connectivity index (χ3n) is 7.14. The predicted molar refractivity (Wildman–Crippen MR) is 90.4 cm³/mol. The van der Waals surface area contributed by atoms with E-state index < -0.39 is 0 Å². The number of nitrogens with zero attached hydrogens (tertiary/aromatic N) is 1. The normalized spacial score (nSPS) is 43.1. The van der Waals surface area contributed by atoms with Crippen LogP contribution in [0.5, 0.6) is 0 Å². The molecule has 0 aromatic carbocycles. The Kier molecular flexibility index (Phi) is 4.95. The molecule has 0 spiro atoms. The molecular weight excluding hydrogens is 256 g/mol. The maximum absolute atomic E-state index is 3.61. The van der Waals surface area contributed by atoms with Crippen molar-refractivity contribution >= 4 is 0 Å². The van der Waals surface area contributed by atoms with Gasteiger partial charge in [0.05, 0.1) is 0 Å². The highest BCUT2D eigenvalue weighted by Gasteiger charge is 2.41. The molecule has 3 aliphatic carbocycles. The molecular formula is C19H36N2. The fourth-order valence-corrected chi connectivity index (χ4v) is 5.71. The van der Waals surface area contributed by atoms with Crippen LogP contribution in [0, 0.1) is 29.6 Å². The second kappa shape index (κ2) is 6.58. The Morgan fingerprint density at radius 2 is 1.86 bits per heavy atom. The largest absolute Gasteiger partial charge is 0.315 e. The van der Waals surface area contributed by atoms with Crippen LogP contribution in [0.4, 0.5) is 0 Å². The van der Waals surface area contributed by atoms with Gasteiger partial charge in [-0.05, 0) is 82.2 Å². The van der Waals surface area contributed by atoms with E-state index in [1.54, 1.807) is 6.42 Å². The second-order valence-electron chi connectivity index (χ2n) is 8.65. The number of likely N-dealkylation sites (N-methyl/N-ethyl adjacent to an activating group) is 2. The van der Waals surface area contributed by atoms with Gasteiger partial charge in [0, 0.05) is 18.6 Å². The average molecular weight is 293 g/mol. The third kappa shape index (κ3) is 3.32. The zero-order valence-corrected chi connectivity index (χ0v) is 14.6. The van der Waals surface area contributed by atoms with Crippen molar-refractivity contribution in [2.75, 3.05) is 20.6 Å². The van der Waals surface area contributed by atoms with E-state index in [4.69, 9.17) is 0 Å². The number of fused-ring (bicyclic) bond motifs is 2. The molecule has 6 unspecified atom stereocenters. The predicted octanol–water partition coefficient (Wildman–Crippen LogP) is 3.77. The number of rotatable bonds is 5. The highest BCUT2D eigenvalue weighted by molar-refractivity contribution is 4.95. The molecule has 21 heavy (non-hydrogen) atoms. The first kappa shape index (κ1) is 15.8. The summed E-state index contributed by atoms with van der Waals surface area (Å²) < 4.78 is 0. The molecule has 0 saturated heterocycles. The Labute approximate surface area is 132 Å². The van der Waals surface area contributed by atoms with Crippen LogP contribution in [0.15, 0.2) is 0 Å². The van der Waals surface area contributed by atoms with Crippen LogP contribution < -0.4 is 5.32 Å². The van der Waals surface area contributed by atoms with Crippen LogP contribution >= 0.6 is 0 Å². The van der Waals surface area contributed by atoms with Crippen LogP contribution in [0.1, 0.15) is 58.8 Å². The Hall–Kier alpha value is -0.0800. The molecule has 3 fully saturated rings. The number of hydrogen-bond acceptors (Lipinski definition) is 2. The van der Waals surface area contributed by atoms with Crippen LogP contribution in [0.25, 0.3) is 0 Å². The van der Waals surface area contributed by atoms with Crippen LogP contribution in [0.3, 0.4) is 0 Å². The molecule has 0 aromatic heterocycles. The highest BCUT2D eigenvalue weighted by atomic mass is 15.2. The van der Waals surface area contributed by atoms with Crippen LogP contribution in [0.2, 0.25) is 0 Å². The minimum Gasteiger partial charge on any atom is -0.315 e. The summed E-state index contributed by atoms with van der Waals surface area (Å²) in [6.07, 6.45) is 10.3. The van der Waals surface area contributed by atoms with Gasteiger partial charge in [0.25, 0.3) is 0 Å². The minimum atomic E-state index is 0.712. The molecule has 0 amide bonds. The summed E-state index contributed by atoms with van der Waals surface area (Å²) in [6.45, 7) is 6.18. The Morgan fingerprint density at radius 3 is 2.43 bits per heavy atom. The average Bonchev–Trinajstić information content (AvgIpc) is 3.08. The van der Waals surface area contributed by atoms with E-state index in [-0.39, 0.29) is 0 Å². The summed E-state index contributed by atoms with van der Waals surface area (Å²) in [5, 5.41) is 3.61. The fraction of sp³-hybridized carbons (Fsp3) is 1.00. The SMILES string of the molecule is CNC1CCC(C(C)C)CC1N(C)CC1CC2CCC1C2. The summed E-state index contributed by atoms with van der Waals surface area (Å²) in [6, 6.07) is 1.47. The fourth-order valence-electron chi connectivity index (χ4n) is 5.71. The van der Waals surface area contributed by atoms with Gasteiger partial charge in [-0.25, -0.2) is 0 Å². The van der Waals surface area contributed by atoms with Crippen molar-refractivity contribution in [1.82, 2.24) is 10.2 Å². The smallest absolute Gasteiger partial charge is 0.0249 e. The molecule has 2 nitrogen and oxygen atoms in total. The van der Waals surface area contributed by atoms with Gasteiger partial charge < -0.3 is 10.2 Å². The highest BCUT2D eigenvalue weighted by Crippen LogP contribution is 2.48. The molecule has 6 atom stereocenters. The van der Waals surface area contributed by atoms with E-state index in [2.05, 4.69) is 38.2 Å². The molecule has 0 radical (unpaired) electrons. The molecule has 2 bridgehead atoms. The van der Waals surface area contributed by atoms with Crippen molar-refractivity contribution in [2.45, 2.75) is 70.9 Å². The molecule has 1 N–H and O–H groups in total. The summed E-state index contributed by atoms with van der Waals surface area (Å²) in [5.74, 6) is 4.94. The van der Waals surface area contributed by atoms with Gasteiger partial charge in [0.1, 0.15) is 0 Å². The zero-order valence-electron chi connectivity index (χ0n) is 14.6. The van der Waals surface area contributed by atoms with Crippen molar-refractivity contribution in [2.24, 2.45) is 29.6 Å². The summed E-state index contributed by atoms with van der Waals surface area (Å²) in [4.78, 5) is 2.74. The lowest BCUT2D eigenvalue weighted by molar-refractivity contribution is 0.0842. The lowest BCUT2D eigenvalue weighted by atomic mass is 9.76. The van der Waals surface area contributed by atoms with Crippen LogP contribution in [-0.2, 0) is 0 Å². The molecule has 2 heteroatoms. The van der Waals surface area contributed by atoms with E-state index in [1.165, 1.54) is 45.1 Å². The minimum absolute atomic E-state index is 0.712. The molecule has 0 aromatic rings. The molecule has 3 aliphatic rings. The topological polar surface area (TPSA) is 15.3 Å². The van der Waals surface area contributed by atoms with Crippen molar-refractivity contribution in [3.05, 3.63) is 0 Å². The van der Waals surface area contributed by atoms with Gasteiger partial charge in [0.2, 0.25) is 0 Å². The molecule has 0 aliphatic heterocycles. The lowest BCUT2D eigenvalue weighted by Gasteiger charge is -2.43. The van der Waals surface area contributed by atoms with Crippen molar-refractivity contribution in [1.29, 1.82) is 0 Å². The Morgan fingerprint density at radius 1 is 1.05 bits per heavy atom. The standard InChI is InChI=1S/C19H36N2/c1-13(2)15-7-8-18(20-3)19(11-15)21(4)12-17-10-14-5-6-16(17)9-14/h13-20H,5-12H2,1-4H3. The van der Waals surface area contributed by atoms with Gasteiger partial charge in [0.15, 0.2) is 0 Å². The van der Waals surface area contributed by atoms with E-state index >= 15 is 0 Å². The van der Waals surface area contributed by atoms with Gasteiger partial charge >= 0.3 is 0 Å². The number of nitrogens with one attached hydrogen (secondary N) is 1. The Balaban J connectivity index is 1.59. The lowest BCUT2D eigenvalue weighted by Crippen LogP contribution is -2.52. The molecule has 3 saturated carbocycles. The van der Waals surface area contributed by atoms with E-state index in [0.717, 1.165) is 35.6 Å². The van der Waals surface area contributed by atoms with Crippen molar-refractivity contribution in [3.63, 3.8) is 0 Å². The maximum atomic E-state index is 3.61. The van der Waals surface area contributed by atoms with Crippen LogP contribution in [-0.4, -0.2) is 37.6 Å². The zero-order chi connectivity index (χ0) is 15.0. The van der Waals surface area contributed by atoms with Gasteiger partial charge in [-0.2, -0.15) is 0 Å². The molecule has 122 valence electrons. The van der Waals surface area contributed by atoms with Crippen molar-refractivity contribution in [3.8, 4) is 0 Å². The van der Waals surface area contributed by atoms with E-state index in [1.807, 2.05) is 0 Å². The first-order valence-corrected chi connectivity index (χ1v) is 9.46. The quantitative estimate of drug-likeness (QED) is 0.830. The maximum Gasteiger partial charge on any atom is 0.0249 e. The monoisotopic (exact) mass is 292 g/mol. The summed E-state index contributed by atoms with van der Waals surface area (Å²) in [5.41, 5.74) is 0. The molecule has 0 heterocycles. The van der Waals surface area contributed by atoms with Gasteiger partial charge in [-0.3, -0.25) is 0 Å². The first-order chi connectivity index (χ1) is 10.1. The summed E-state index contributed by atoms with van der Waals surface area (Å²) in [7, 11) is 4.57. The Bertz CT molecular complexity index is 340. The van der Waals surface area contributed by atoms with E-state index in [9.17, 15) is 0 Å². The van der Waals surface area contributed by atoms with Gasteiger partial charge in [-0.1, -0.05) is 20.3 Å². The van der Waals surface area contributed by atoms with Gasteiger partial charge in [-0.15, -0.1) is 0 Å². The third-order valence-corrected chi connectivity index (χ3v) is 7.14. The van der Waals surface area contributed by atoms with E-state index in [0.29, 0.717) is 6.04 Å². The summed E-state index contributed by atoms with van der Waals surface area (Å²) >= 11 is 0. The first-order valence-electron chi connectivity index (χ1n) is 9.46. The second-order valence-corrected chi connectivity index (χ2v) is 8.65. The molecule has 3 rings (SSSR count).